The Balaban J connectivity index is 1.46. The molecule has 1 aliphatic heterocycles. The quantitative estimate of drug-likeness (QED) is 0.196. The third-order valence-corrected chi connectivity index (χ3v) is 8.95. The van der Waals surface area contributed by atoms with Crippen molar-refractivity contribution >= 4 is 29.3 Å². The highest BCUT2D eigenvalue weighted by molar-refractivity contribution is 7.99. The summed E-state index contributed by atoms with van der Waals surface area (Å²) in [6, 6.07) is 17.8. The molecular formula is C34H39N5O2S. The molecule has 1 atom stereocenters. The first-order chi connectivity index (χ1) is 20.2. The summed E-state index contributed by atoms with van der Waals surface area (Å²) in [5.41, 5.74) is 10.2. The number of aryl methyl sites for hydroxylation is 4. The van der Waals surface area contributed by atoms with E-state index >= 15 is 0 Å². The number of allylic oxidation sites excluding steroid dienone is 1. The van der Waals surface area contributed by atoms with Crippen LogP contribution in [0.5, 0.6) is 5.75 Å². The Morgan fingerprint density at radius 3 is 2.45 bits per heavy atom. The molecule has 0 spiro atoms. The molecule has 7 nitrogen and oxygen atoms in total. The smallest absolute Gasteiger partial charge is 0.255 e. The van der Waals surface area contributed by atoms with Gasteiger partial charge in [0, 0.05) is 17.1 Å². The van der Waals surface area contributed by atoms with Crippen molar-refractivity contribution in [2.24, 2.45) is 0 Å². The fourth-order valence-electron chi connectivity index (χ4n) is 5.15. The maximum absolute atomic E-state index is 13.9. The minimum Gasteiger partial charge on any atom is -0.489 e. The molecule has 4 aromatic rings. The highest BCUT2D eigenvalue weighted by atomic mass is 32.2. The number of benzene rings is 3. The van der Waals surface area contributed by atoms with Gasteiger partial charge in [-0.05, 0) is 105 Å². The van der Waals surface area contributed by atoms with Crippen molar-refractivity contribution in [3.05, 3.63) is 105 Å². The van der Waals surface area contributed by atoms with E-state index in [9.17, 15) is 4.79 Å². The number of carbonyl (C=O) groups is 1. The Labute approximate surface area is 252 Å². The summed E-state index contributed by atoms with van der Waals surface area (Å²) >= 11 is 1.62. The van der Waals surface area contributed by atoms with Gasteiger partial charge in [-0.2, -0.15) is 4.98 Å². The lowest BCUT2D eigenvalue weighted by atomic mass is 9.94. The number of carbonyl (C=O) groups excluding carboxylic acids is 1. The molecule has 42 heavy (non-hydrogen) atoms. The second kappa shape index (κ2) is 12.4. The van der Waals surface area contributed by atoms with E-state index in [1.807, 2.05) is 67.9 Å². The van der Waals surface area contributed by atoms with Gasteiger partial charge in [0.15, 0.2) is 0 Å². The average molecular weight is 582 g/mol. The van der Waals surface area contributed by atoms with Crippen LogP contribution >= 0.6 is 11.8 Å². The van der Waals surface area contributed by atoms with Crippen LogP contribution in [0, 0.1) is 34.6 Å². The van der Waals surface area contributed by atoms with E-state index in [4.69, 9.17) is 14.8 Å². The van der Waals surface area contributed by atoms with Gasteiger partial charge in [-0.1, -0.05) is 55.1 Å². The minimum absolute atomic E-state index is 0.173. The number of amides is 1. The van der Waals surface area contributed by atoms with E-state index in [1.54, 1.807) is 11.8 Å². The summed E-state index contributed by atoms with van der Waals surface area (Å²) < 4.78 is 8.02. The van der Waals surface area contributed by atoms with Gasteiger partial charge in [-0.25, -0.2) is 4.68 Å². The highest BCUT2D eigenvalue weighted by Gasteiger charge is 2.34. The predicted molar refractivity (Wildman–Crippen MR) is 171 cm³/mol. The van der Waals surface area contributed by atoms with Gasteiger partial charge < -0.3 is 15.4 Å². The Morgan fingerprint density at radius 2 is 1.71 bits per heavy atom. The standard InChI is InChI=1S/C34H39N5O2S/c1-8-16-42-34-37-33-35-25(7)30(32(40)36-29-11-9-10-20(2)24(29)6)31(39(33)38-34)26-12-14-28(15-13-26)41-19-27-18-22(4)21(3)17-23(27)5/h9-15,17-18,31H,8,16,19H2,1-7H3,(H,36,40)(H,35,37,38). The summed E-state index contributed by atoms with van der Waals surface area (Å²) in [5, 5.41) is 12.0. The summed E-state index contributed by atoms with van der Waals surface area (Å²) in [4.78, 5) is 18.7. The lowest BCUT2D eigenvalue weighted by Crippen LogP contribution is -2.31. The van der Waals surface area contributed by atoms with Gasteiger partial charge in [-0.15, -0.1) is 5.10 Å². The van der Waals surface area contributed by atoms with E-state index in [0.717, 1.165) is 46.0 Å². The van der Waals surface area contributed by atoms with Gasteiger partial charge in [0.05, 0.1) is 5.57 Å². The van der Waals surface area contributed by atoms with Crippen LogP contribution in [0.25, 0.3) is 0 Å². The molecule has 0 aliphatic carbocycles. The second-order valence-electron chi connectivity index (χ2n) is 11.0. The number of nitrogens with one attached hydrogen (secondary N) is 2. The van der Waals surface area contributed by atoms with Crippen LogP contribution < -0.4 is 15.4 Å². The van der Waals surface area contributed by atoms with Crippen LogP contribution in [0.4, 0.5) is 11.6 Å². The summed E-state index contributed by atoms with van der Waals surface area (Å²) in [7, 11) is 0. The first-order valence-electron chi connectivity index (χ1n) is 14.4. The van der Waals surface area contributed by atoms with Crippen molar-refractivity contribution in [3.8, 4) is 5.75 Å². The van der Waals surface area contributed by atoms with Crippen molar-refractivity contribution < 1.29 is 9.53 Å². The molecule has 0 fully saturated rings. The first-order valence-corrected chi connectivity index (χ1v) is 15.4. The second-order valence-corrected chi connectivity index (χ2v) is 12.1. The van der Waals surface area contributed by atoms with Crippen LogP contribution in [0.1, 0.15) is 65.3 Å². The van der Waals surface area contributed by atoms with Crippen molar-refractivity contribution in [1.29, 1.82) is 0 Å². The van der Waals surface area contributed by atoms with Crippen LogP contribution in [0.2, 0.25) is 0 Å². The van der Waals surface area contributed by atoms with Crippen molar-refractivity contribution in [2.75, 3.05) is 16.4 Å². The van der Waals surface area contributed by atoms with Crippen LogP contribution in [-0.4, -0.2) is 26.4 Å². The number of aromatic nitrogens is 3. The van der Waals surface area contributed by atoms with Gasteiger partial charge >= 0.3 is 0 Å². The first kappa shape index (κ1) is 29.5. The van der Waals surface area contributed by atoms with E-state index in [-0.39, 0.29) is 5.91 Å². The lowest BCUT2D eigenvalue weighted by Gasteiger charge is -2.29. The number of thioether (sulfide) groups is 1. The number of ether oxygens (including phenoxy) is 1. The average Bonchev–Trinajstić information content (AvgIpc) is 3.37. The molecule has 0 saturated heterocycles. The lowest BCUT2D eigenvalue weighted by molar-refractivity contribution is -0.113. The zero-order valence-electron chi connectivity index (χ0n) is 25.5. The molecule has 3 aromatic carbocycles. The molecule has 8 heteroatoms. The molecule has 2 heterocycles. The van der Waals surface area contributed by atoms with Crippen LogP contribution in [0.15, 0.2) is 71.0 Å². The third-order valence-electron chi connectivity index (χ3n) is 7.91. The Morgan fingerprint density at radius 1 is 0.976 bits per heavy atom. The molecule has 0 radical (unpaired) electrons. The van der Waals surface area contributed by atoms with E-state index in [1.165, 1.54) is 22.3 Å². The van der Waals surface area contributed by atoms with Gasteiger partial charge in [0.25, 0.3) is 5.91 Å². The van der Waals surface area contributed by atoms with Crippen molar-refractivity contribution in [3.63, 3.8) is 0 Å². The van der Waals surface area contributed by atoms with E-state index in [2.05, 4.69) is 50.5 Å². The number of nitrogens with zero attached hydrogens (tertiary/aromatic N) is 3. The summed E-state index contributed by atoms with van der Waals surface area (Å²) in [6.07, 6.45) is 1.02. The number of anilines is 2. The molecule has 218 valence electrons. The fourth-order valence-corrected chi connectivity index (χ4v) is 5.83. The highest BCUT2D eigenvalue weighted by Crippen LogP contribution is 2.37. The van der Waals surface area contributed by atoms with Gasteiger partial charge in [0.1, 0.15) is 18.4 Å². The molecule has 1 aliphatic rings. The van der Waals surface area contributed by atoms with Gasteiger partial charge in [0.2, 0.25) is 11.1 Å². The third kappa shape index (κ3) is 6.09. The predicted octanol–water partition coefficient (Wildman–Crippen LogP) is 7.83. The molecule has 0 bridgehead atoms. The van der Waals surface area contributed by atoms with Crippen LogP contribution in [-0.2, 0) is 11.4 Å². The molecule has 0 saturated carbocycles. The molecule has 1 aromatic heterocycles. The number of rotatable bonds is 9. The number of hydrogen-bond donors (Lipinski definition) is 2. The normalized spacial score (nSPS) is 14.4. The SMILES string of the molecule is CCCSc1nc2n(n1)C(c1ccc(OCc3cc(C)c(C)cc3C)cc1)C(C(=O)Nc1cccc(C)c1C)=C(C)N2. The fraction of sp³-hybridized carbons (Fsp3) is 0.324. The zero-order chi connectivity index (χ0) is 30.0. The monoisotopic (exact) mass is 581 g/mol. The summed E-state index contributed by atoms with van der Waals surface area (Å²) in [6.45, 7) is 15.0. The Bertz CT molecular complexity index is 1660. The molecule has 1 amide bonds. The van der Waals surface area contributed by atoms with Crippen molar-refractivity contribution in [1.82, 2.24) is 14.8 Å². The molecular weight excluding hydrogens is 542 g/mol. The Kier molecular flexibility index (Phi) is 8.73. The maximum atomic E-state index is 13.9. The largest absolute Gasteiger partial charge is 0.489 e. The Hall–Kier alpha value is -4.04. The van der Waals surface area contributed by atoms with Crippen molar-refractivity contribution in [2.45, 2.75) is 72.7 Å². The van der Waals surface area contributed by atoms with E-state index in [0.29, 0.717) is 23.3 Å². The van der Waals surface area contributed by atoms with Crippen LogP contribution in [0.3, 0.4) is 0 Å². The summed E-state index contributed by atoms with van der Waals surface area (Å²) in [5.74, 6) is 2.15. The topological polar surface area (TPSA) is 81.1 Å². The van der Waals surface area contributed by atoms with Gasteiger partial charge in [-0.3, -0.25) is 4.79 Å². The minimum atomic E-state index is -0.453. The zero-order valence-corrected chi connectivity index (χ0v) is 26.3. The maximum Gasteiger partial charge on any atom is 0.255 e. The number of fused-ring (bicyclic) bond motifs is 1. The molecule has 5 rings (SSSR count). The number of hydrogen-bond acceptors (Lipinski definition) is 6. The molecule has 1 unspecified atom stereocenters. The van der Waals surface area contributed by atoms with E-state index < -0.39 is 6.04 Å². The molecule has 2 N–H and O–H groups in total.